The van der Waals surface area contributed by atoms with Crippen LogP contribution < -0.4 is 0 Å². The molecule has 0 aromatic carbocycles. The van der Waals surface area contributed by atoms with Gasteiger partial charge in [0.1, 0.15) is 11.4 Å². The van der Waals surface area contributed by atoms with Gasteiger partial charge in [-0.2, -0.15) is 5.10 Å². The highest BCUT2D eigenvalue weighted by atomic mass is 32.1. The van der Waals surface area contributed by atoms with E-state index in [0.29, 0.717) is 25.8 Å². The highest BCUT2D eigenvalue weighted by Crippen LogP contribution is 2.35. The average molecular weight is 353 g/mol. The minimum atomic E-state index is -0.450. The summed E-state index contributed by atoms with van der Waals surface area (Å²) >= 11 is 5.57. The van der Waals surface area contributed by atoms with Gasteiger partial charge in [-0.15, -0.1) is 0 Å². The van der Waals surface area contributed by atoms with Crippen molar-refractivity contribution in [1.82, 2.24) is 24.1 Å². The van der Waals surface area contributed by atoms with Crippen molar-refractivity contribution in [2.45, 2.75) is 58.8 Å². The second kappa shape index (κ2) is 6.48. The van der Waals surface area contributed by atoms with Crippen LogP contribution >= 0.6 is 12.2 Å². The number of hydrogen-bond acceptors (Lipinski definition) is 5. The first-order valence-electron chi connectivity index (χ1n) is 8.61. The minimum Gasteiger partial charge on any atom is -0.444 e. The third-order valence-corrected chi connectivity index (χ3v) is 4.72. The molecule has 7 nitrogen and oxygen atoms in total. The molecular weight excluding hydrogens is 326 g/mol. The summed E-state index contributed by atoms with van der Waals surface area (Å²) in [4.78, 5) is 16.2. The van der Waals surface area contributed by atoms with Gasteiger partial charge in [0.15, 0.2) is 4.77 Å². The molecule has 3 rings (SSSR count). The summed E-state index contributed by atoms with van der Waals surface area (Å²) in [5.41, 5.74) is -0.450. The highest BCUT2D eigenvalue weighted by Gasteiger charge is 2.29. The summed E-state index contributed by atoms with van der Waals surface area (Å²) in [6.07, 6.45) is 2.18. The molecule has 1 saturated heterocycles. The van der Waals surface area contributed by atoms with Gasteiger partial charge in [0.05, 0.1) is 6.67 Å². The van der Waals surface area contributed by atoms with Crippen LogP contribution in [0.25, 0.3) is 0 Å². The Morgan fingerprint density at radius 2 is 1.88 bits per heavy atom. The molecule has 24 heavy (non-hydrogen) atoms. The number of hydrogen-bond donors (Lipinski definition) is 0. The van der Waals surface area contributed by atoms with Gasteiger partial charge in [0.25, 0.3) is 0 Å². The van der Waals surface area contributed by atoms with E-state index in [1.165, 1.54) is 12.8 Å². The first-order valence-corrected chi connectivity index (χ1v) is 9.01. The van der Waals surface area contributed by atoms with Crippen LogP contribution in [0.1, 0.15) is 45.5 Å². The summed E-state index contributed by atoms with van der Waals surface area (Å²) in [7, 11) is 0. The van der Waals surface area contributed by atoms with Crippen molar-refractivity contribution in [2.24, 2.45) is 0 Å². The van der Waals surface area contributed by atoms with Crippen molar-refractivity contribution in [3.8, 4) is 0 Å². The molecule has 0 unspecified atom stereocenters. The second-order valence-corrected chi connectivity index (χ2v) is 8.02. The second-order valence-electron chi connectivity index (χ2n) is 7.66. The lowest BCUT2D eigenvalue weighted by atomic mass is 10.2. The van der Waals surface area contributed by atoms with E-state index >= 15 is 0 Å². The third kappa shape index (κ3) is 3.97. The van der Waals surface area contributed by atoms with E-state index in [1.54, 1.807) is 4.90 Å². The van der Waals surface area contributed by atoms with Crippen LogP contribution in [-0.2, 0) is 11.4 Å². The molecule has 2 fully saturated rings. The molecular formula is C16H27N5O2S. The van der Waals surface area contributed by atoms with Gasteiger partial charge in [0, 0.05) is 32.2 Å². The van der Waals surface area contributed by atoms with E-state index in [4.69, 9.17) is 17.0 Å². The maximum atomic E-state index is 12.1. The zero-order valence-electron chi connectivity index (χ0n) is 15.0. The molecule has 8 heteroatoms. The van der Waals surface area contributed by atoms with E-state index in [1.807, 2.05) is 32.4 Å². The summed E-state index contributed by atoms with van der Waals surface area (Å²) < 4.78 is 10.3. The van der Waals surface area contributed by atoms with Crippen molar-refractivity contribution in [3.63, 3.8) is 0 Å². The number of carbonyl (C=O) groups is 1. The summed E-state index contributed by atoms with van der Waals surface area (Å²) in [6.45, 7) is 11.3. The fourth-order valence-electron chi connectivity index (χ4n) is 2.96. The highest BCUT2D eigenvalue weighted by molar-refractivity contribution is 7.71. The molecule has 1 amide bonds. The van der Waals surface area contributed by atoms with Gasteiger partial charge in [0.2, 0.25) is 0 Å². The molecule has 0 bridgehead atoms. The number of aryl methyl sites for hydroxylation is 1. The van der Waals surface area contributed by atoms with Crippen LogP contribution in [0.5, 0.6) is 0 Å². The monoisotopic (exact) mass is 353 g/mol. The van der Waals surface area contributed by atoms with E-state index in [9.17, 15) is 4.79 Å². The molecule has 2 aliphatic rings. The number of amides is 1. The van der Waals surface area contributed by atoms with Crippen molar-refractivity contribution >= 4 is 18.3 Å². The van der Waals surface area contributed by atoms with Crippen LogP contribution in [0.15, 0.2) is 0 Å². The Morgan fingerprint density at radius 1 is 1.25 bits per heavy atom. The number of ether oxygens (including phenoxy) is 1. The largest absolute Gasteiger partial charge is 0.444 e. The Balaban J connectivity index is 1.55. The number of carbonyl (C=O) groups excluding carboxylic acids is 1. The Bertz CT molecular complexity index is 663. The van der Waals surface area contributed by atoms with E-state index in [2.05, 4.69) is 14.6 Å². The lowest BCUT2D eigenvalue weighted by Crippen LogP contribution is -2.50. The summed E-state index contributed by atoms with van der Waals surface area (Å²) in [5, 5.41) is 4.60. The Labute approximate surface area is 148 Å². The molecule has 1 saturated carbocycles. The van der Waals surface area contributed by atoms with Gasteiger partial charge < -0.3 is 14.2 Å². The van der Waals surface area contributed by atoms with Gasteiger partial charge >= 0.3 is 6.09 Å². The Hall–Kier alpha value is -1.41. The summed E-state index contributed by atoms with van der Waals surface area (Å²) in [5.74, 6) is 0.995. The van der Waals surface area contributed by atoms with Gasteiger partial charge in [-0.25, -0.2) is 9.48 Å². The lowest BCUT2D eigenvalue weighted by Gasteiger charge is -2.35. The Kier molecular flexibility index (Phi) is 4.70. The topological polar surface area (TPSA) is 55.5 Å². The predicted molar refractivity (Wildman–Crippen MR) is 93.4 cm³/mol. The van der Waals surface area contributed by atoms with Crippen LogP contribution in [0.3, 0.4) is 0 Å². The first-order chi connectivity index (χ1) is 11.2. The van der Waals surface area contributed by atoms with Crippen LogP contribution in [0.4, 0.5) is 4.79 Å². The molecule has 0 N–H and O–H groups in total. The zero-order chi connectivity index (χ0) is 17.5. The number of nitrogens with zero attached hydrogens (tertiary/aromatic N) is 5. The van der Waals surface area contributed by atoms with E-state index in [0.717, 1.165) is 23.7 Å². The molecule has 1 aromatic rings. The van der Waals surface area contributed by atoms with Crippen LogP contribution in [-0.4, -0.2) is 62.0 Å². The van der Waals surface area contributed by atoms with Crippen molar-refractivity contribution in [2.75, 3.05) is 26.2 Å². The van der Waals surface area contributed by atoms with Gasteiger partial charge in [-0.3, -0.25) is 4.90 Å². The number of piperazine rings is 1. The fourth-order valence-corrected chi connectivity index (χ4v) is 3.34. The van der Waals surface area contributed by atoms with Crippen LogP contribution in [0, 0.1) is 11.7 Å². The fraction of sp³-hybridized carbons (Fsp3) is 0.812. The van der Waals surface area contributed by atoms with Gasteiger partial charge in [-0.1, -0.05) is 0 Å². The van der Waals surface area contributed by atoms with Gasteiger partial charge in [-0.05, 0) is 52.8 Å². The van der Waals surface area contributed by atoms with E-state index < -0.39 is 5.60 Å². The zero-order valence-corrected chi connectivity index (χ0v) is 15.8. The van der Waals surface area contributed by atoms with E-state index in [-0.39, 0.29) is 6.09 Å². The average Bonchev–Trinajstić information content (AvgIpc) is 3.26. The molecule has 1 aliphatic heterocycles. The van der Waals surface area contributed by atoms with Crippen molar-refractivity contribution in [1.29, 1.82) is 0 Å². The normalized spacial score (nSPS) is 19.6. The Morgan fingerprint density at radius 3 is 2.42 bits per heavy atom. The molecule has 134 valence electrons. The summed E-state index contributed by atoms with van der Waals surface area (Å²) in [6, 6.07) is 0.551. The molecule has 0 spiro atoms. The maximum Gasteiger partial charge on any atom is 0.410 e. The number of aromatic nitrogens is 3. The lowest BCUT2D eigenvalue weighted by molar-refractivity contribution is 0.0113. The van der Waals surface area contributed by atoms with Crippen molar-refractivity contribution in [3.05, 3.63) is 10.6 Å². The molecule has 1 aliphatic carbocycles. The third-order valence-electron chi connectivity index (χ3n) is 4.31. The maximum absolute atomic E-state index is 12.1. The van der Waals surface area contributed by atoms with Crippen LogP contribution in [0.2, 0.25) is 0 Å². The quantitative estimate of drug-likeness (QED) is 0.782. The SMILES string of the molecule is Cc1nn(CN2CCN(C(=O)OC(C)(C)C)CC2)c(=S)n1C1CC1. The predicted octanol–water partition coefficient (Wildman–Crippen LogP) is 2.57. The first kappa shape index (κ1) is 17.4. The van der Waals surface area contributed by atoms with Crippen molar-refractivity contribution < 1.29 is 9.53 Å². The molecule has 0 atom stereocenters. The number of rotatable bonds is 3. The minimum absolute atomic E-state index is 0.229. The standard InChI is InChI=1S/C16H27N5O2S/c1-12-17-20(14(24)21(12)13-5-6-13)11-18-7-9-19(10-8-18)15(22)23-16(2,3)4/h13H,5-11H2,1-4H3. The molecule has 1 aromatic heterocycles. The smallest absolute Gasteiger partial charge is 0.410 e. The molecule has 2 heterocycles. The molecule has 0 radical (unpaired) electrons.